The number of benzene rings is 4. The van der Waals surface area contributed by atoms with E-state index in [1.165, 1.54) is 0 Å². The first-order valence-corrected chi connectivity index (χ1v) is 18.2. The highest BCUT2D eigenvalue weighted by Gasteiger charge is 2.48. The predicted octanol–water partition coefficient (Wildman–Crippen LogP) is 8.04. The molecule has 8 heteroatoms. The minimum absolute atomic E-state index is 0.309. The van der Waals surface area contributed by atoms with Gasteiger partial charge in [-0.3, -0.25) is 0 Å². The third-order valence-corrected chi connectivity index (χ3v) is 9.64. The van der Waals surface area contributed by atoms with Crippen LogP contribution in [0, 0.1) is 0 Å². The summed E-state index contributed by atoms with van der Waals surface area (Å²) in [6, 6.07) is 40.5. The highest BCUT2D eigenvalue weighted by molar-refractivity contribution is 7.85. The van der Waals surface area contributed by atoms with Gasteiger partial charge in [0, 0.05) is 6.21 Å². The average Bonchev–Trinajstić information content (AvgIpc) is 3.12. The fourth-order valence-corrected chi connectivity index (χ4v) is 6.19. The van der Waals surface area contributed by atoms with Crippen molar-refractivity contribution >= 4 is 17.2 Å². The lowest BCUT2D eigenvalue weighted by molar-refractivity contribution is -0.273. The van der Waals surface area contributed by atoms with E-state index in [2.05, 4.69) is 40.8 Å². The van der Waals surface area contributed by atoms with E-state index in [1.54, 1.807) is 6.21 Å². The summed E-state index contributed by atoms with van der Waals surface area (Å²) in [6.07, 6.45) is 0.688. The van der Waals surface area contributed by atoms with Crippen LogP contribution in [-0.4, -0.2) is 52.3 Å². The lowest BCUT2D eigenvalue weighted by atomic mass is 9.92. The van der Waals surface area contributed by atoms with Crippen LogP contribution in [0.15, 0.2) is 126 Å². The van der Waals surface area contributed by atoms with Crippen LogP contribution in [-0.2, 0) is 61.1 Å². The summed E-state index contributed by atoms with van der Waals surface area (Å²) in [7, 11) is -1.34. The molecule has 0 amide bonds. The molecular weight excluding hydrogens is 635 g/mol. The summed E-state index contributed by atoms with van der Waals surface area (Å²) in [4.78, 5) is 0. The highest BCUT2D eigenvalue weighted by atomic mass is 32.2. The maximum atomic E-state index is 12.6. The summed E-state index contributed by atoms with van der Waals surface area (Å²) < 4.78 is 50.0. The van der Waals surface area contributed by atoms with Crippen LogP contribution in [0.5, 0.6) is 0 Å². The first-order valence-electron chi connectivity index (χ1n) is 17.0. The van der Waals surface area contributed by atoms with Crippen LogP contribution < -0.4 is 0 Å². The molecule has 0 spiro atoms. The summed E-state index contributed by atoms with van der Waals surface area (Å²) in [5.74, 6) is 0. The molecule has 0 N–H and O–H groups in total. The molecule has 4 aromatic rings. The molecule has 1 heterocycles. The molecule has 0 bridgehead atoms. The number of ether oxygens (including phenoxy) is 5. The van der Waals surface area contributed by atoms with Gasteiger partial charge >= 0.3 is 0 Å². The molecule has 0 aliphatic carbocycles. The Hall–Kier alpha value is -3.50. The minimum atomic E-state index is -1.34. The van der Waals surface area contributed by atoms with Gasteiger partial charge in [0.05, 0.1) is 43.9 Å². The van der Waals surface area contributed by atoms with Gasteiger partial charge in [-0.25, -0.2) is 4.21 Å². The van der Waals surface area contributed by atoms with E-state index in [0.29, 0.717) is 45.9 Å². The van der Waals surface area contributed by atoms with Crippen molar-refractivity contribution in [1.82, 2.24) is 0 Å². The van der Waals surface area contributed by atoms with Crippen LogP contribution in [0.2, 0.25) is 0 Å². The van der Waals surface area contributed by atoms with E-state index in [-0.39, 0.29) is 6.10 Å². The van der Waals surface area contributed by atoms with Gasteiger partial charge in [-0.15, -0.1) is 0 Å². The van der Waals surface area contributed by atoms with Gasteiger partial charge in [0.2, 0.25) is 0 Å². The summed E-state index contributed by atoms with van der Waals surface area (Å²) >= 11 is 0. The molecule has 0 radical (unpaired) electrons. The molecular formula is C41H49NO6S. The van der Waals surface area contributed by atoms with Crippen molar-refractivity contribution in [3.8, 4) is 0 Å². The monoisotopic (exact) mass is 683 g/mol. The zero-order chi connectivity index (χ0) is 34.3. The molecule has 4 aromatic carbocycles. The van der Waals surface area contributed by atoms with Crippen LogP contribution in [0.4, 0.5) is 0 Å². The molecule has 0 saturated carbocycles. The van der Waals surface area contributed by atoms with E-state index in [0.717, 1.165) is 22.3 Å². The molecule has 6 atom stereocenters. The van der Waals surface area contributed by atoms with Gasteiger partial charge in [0.25, 0.3) is 0 Å². The summed E-state index contributed by atoms with van der Waals surface area (Å²) in [5, 5.41) is 0. The second kappa shape index (κ2) is 19.0. The largest absolute Gasteiger partial charge is 0.374 e. The Morgan fingerprint density at radius 2 is 1.02 bits per heavy atom. The van der Waals surface area contributed by atoms with Gasteiger partial charge in [-0.2, -0.15) is 4.40 Å². The molecule has 0 aromatic heterocycles. The number of rotatable bonds is 17. The highest BCUT2D eigenvalue weighted by Crippen LogP contribution is 2.33. The van der Waals surface area contributed by atoms with Crippen molar-refractivity contribution in [2.24, 2.45) is 4.40 Å². The second-order valence-electron chi connectivity index (χ2n) is 13.2. The van der Waals surface area contributed by atoms with Crippen LogP contribution in [0.3, 0.4) is 0 Å². The molecule has 7 nitrogen and oxygen atoms in total. The SMILES string of the molecule is CC(C)(C)S(=O)/N=C\CC[C@H]1O[C@H](COCc2ccccc2)[C@H](OCc2ccccc2)[C@H](OCc2ccccc2)[C@H]1OCc1ccccc1. The van der Waals surface area contributed by atoms with E-state index < -0.39 is 40.1 Å². The maximum absolute atomic E-state index is 12.6. The third-order valence-electron chi connectivity index (χ3n) is 8.25. The smallest absolute Gasteiger partial charge is 0.144 e. The van der Waals surface area contributed by atoms with Crippen molar-refractivity contribution in [3.63, 3.8) is 0 Å². The second-order valence-corrected chi connectivity index (χ2v) is 15.2. The molecule has 1 saturated heterocycles. The van der Waals surface area contributed by atoms with Crippen molar-refractivity contribution < 1.29 is 27.9 Å². The number of hydrogen-bond donors (Lipinski definition) is 0. The van der Waals surface area contributed by atoms with Crippen molar-refractivity contribution in [3.05, 3.63) is 144 Å². The van der Waals surface area contributed by atoms with Crippen molar-refractivity contribution in [2.45, 2.75) is 95.3 Å². The summed E-state index contributed by atoms with van der Waals surface area (Å²) in [5.41, 5.74) is 4.25. The van der Waals surface area contributed by atoms with E-state index >= 15 is 0 Å². The Morgan fingerprint density at radius 3 is 1.47 bits per heavy atom. The van der Waals surface area contributed by atoms with E-state index in [4.69, 9.17) is 23.7 Å². The number of nitrogens with zero attached hydrogens (tertiary/aromatic N) is 1. The Bertz CT molecular complexity index is 1550. The molecule has 1 unspecified atom stereocenters. The molecule has 49 heavy (non-hydrogen) atoms. The Kier molecular flexibility index (Phi) is 14.3. The van der Waals surface area contributed by atoms with E-state index in [1.807, 2.05) is 106 Å². The zero-order valence-corrected chi connectivity index (χ0v) is 29.6. The van der Waals surface area contributed by atoms with Gasteiger partial charge in [-0.05, 0) is 55.9 Å². The lowest BCUT2D eigenvalue weighted by Crippen LogP contribution is -2.61. The Morgan fingerprint density at radius 1 is 0.612 bits per heavy atom. The molecule has 5 rings (SSSR count). The number of hydrogen-bond acceptors (Lipinski definition) is 6. The third kappa shape index (κ3) is 11.8. The van der Waals surface area contributed by atoms with Gasteiger partial charge < -0.3 is 23.7 Å². The topological polar surface area (TPSA) is 75.6 Å². The Labute approximate surface area is 294 Å². The maximum Gasteiger partial charge on any atom is 0.144 e. The fraction of sp³-hybridized carbons (Fsp3) is 0.390. The lowest BCUT2D eigenvalue weighted by Gasteiger charge is -2.46. The molecule has 1 aliphatic rings. The van der Waals surface area contributed by atoms with Gasteiger partial charge in [0.15, 0.2) is 0 Å². The van der Waals surface area contributed by atoms with Crippen molar-refractivity contribution in [2.75, 3.05) is 6.61 Å². The van der Waals surface area contributed by atoms with Crippen LogP contribution in [0.25, 0.3) is 0 Å². The zero-order valence-electron chi connectivity index (χ0n) is 28.8. The molecule has 260 valence electrons. The molecule has 1 fully saturated rings. The summed E-state index contributed by atoms with van der Waals surface area (Å²) in [6.45, 7) is 7.68. The van der Waals surface area contributed by atoms with Crippen LogP contribution in [0.1, 0.15) is 55.9 Å². The minimum Gasteiger partial charge on any atom is -0.374 e. The average molecular weight is 684 g/mol. The van der Waals surface area contributed by atoms with Gasteiger partial charge in [-0.1, -0.05) is 121 Å². The first kappa shape index (κ1) is 36.8. The molecule has 1 aliphatic heterocycles. The van der Waals surface area contributed by atoms with Gasteiger partial charge in [0.1, 0.15) is 35.4 Å². The first-order chi connectivity index (χ1) is 23.9. The fourth-order valence-electron chi connectivity index (χ4n) is 5.63. The van der Waals surface area contributed by atoms with Crippen LogP contribution >= 0.6 is 0 Å². The standard InChI is InChI=1S/C41H49NO6S/c1-41(2,3)49(43)42-26-16-25-36-38(45-28-33-19-10-5-11-20-33)40(47-30-35-23-14-7-15-24-35)39(46-29-34-21-12-6-13-22-34)37(48-36)31-44-27-32-17-8-4-9-18-32/h4-15,17-24,26,36-40H,16,25,27-31H2,1-3H3/b42-26-/t36-,37-,38+,39+,40-,49?/m1/s1. The quantitative estimate of drug-likeness (QED) is 0.105. The normalized spacial score (nSPS) is 21.9. The van der Waals surface area contributed by atoms with Crippen molar-refractivity contribution in [1.29, 1.82) is 0 Å². The Balaban J connectivity index is 1.43. The van der Waals surface area contributed by atoms with E-state index in [9.17, 15) is 4.21 Å². The predicted molar refractivity (Wildman–Crippen MR) is 195 cm³/mol.